The zero-order chi connectivity index (χ0) is 10.8. The van der Waals surface area contributed by atoms with Crippen molar-refractivity contribution in [1.29, 1.82) is 0 Å². The summed E-state index contributed by atoms with van der Waals surface area (Å²) >= 11 is 4.95. The molecule has 0 aliphatic heterocycles. The van der Waals surface area contributed by atoms with Gasteiger partial charge in [-0.1, -0.05) is 6.07 Å². The molecule has 0 bridgehead atoms. The minimum absolute atomic E-state index is 0.596. The summed E-state index contributed by atoms with van der Waals surface area (Å²) in [5.41, 5.74) is 0.819. The molecule has 2 rings (SSSR count). The van der Waals surface area contributed by atoms with E-state index in [4.69, 9.17) is 0 Å². The normalized spacial score (nSPS) is 13.0. The number of halogens is 1. The second-order valence-corrected chi connectivity index (χ2v) is 4.95. The standard InChI is InChI=1S/C10H11BrN2OS/c1-2-13-9(7(11)6-12-13)10(14)8-4-3-5-15-8/h3-6,10,14H,2H2,1H3. The monoisotopic (exact) mass is 286 g/mol. The lowest BCUT2D eigenvalue weighted by Gasteiger charge is -2.11. The van der Waals surface area contributed by atoms with Gasteiger partial charge in [-0.3, -0.25) is 4.68 Å². The molecule has 1 unspecified atom stereocenters. The molecule has 3 nitrogen and oxygen atoms in total. The van der Waals surface area contributed by atoms with Crippen LogP contribution in [-0.2, 0) is 6.54 Å². The molecule has 5 heteroatoms. The molecule has 1 atom stereocenters. The van der Waals surface area contributed by atoms with Gasteiger partial charge in [-0.25, -0.2) is 0 Å². The van der Waals surface area contributed by atoms with Gasteiger partial charge in [0.2, 0.25) is 0 Å². The van der Waals surface area contributed by atoms with Gasteiger partial charge in [0.1, 0.15) is 6.10 Å². The Hall–Kier alpha value is -0.650. The SMILES string of the molecule is CCn1ncc(Br)c1C(O)c1cccs1. The first-order chi connectivity index (χ1) is 7.24. The molecule has 0 saturated heterocycles. The van der Waals surface area contributed by atoms with Crippen LogP contribution in [0.4, 0.5) is 0 Å². The van der Waals surface area contributed by atoms with Crippen LogP contribution in [-0.4, -0.2) is 14.9 Å². The molecule has 0 aliphatic rings. The Morgan fingerprint density at radius 1 is 1.67 bits per heavy atom. The summed E-state index contributed by atoms with van der Waals surface area (Å²) < 4.78 is 2.65. The molecular weight excluding hydrogens is 276 g/mol. The van der Waals surface area contributed by atoms with Gasteiger partial charge in [0, 0.05) is 11.4 Å². The summed E-state index contributed by atoms with van der Waals surface area (Å²) in [4.78, 5) is 0.936. The maximum absolute atomic E-state index is 10.2. The Morgan fingerprint density at radius 2 is 2.47 bits per heavy atom. The Labute approximate surface area is 100 Å². The van der Waals surface area contributed by atoms with Gasteiger partial charge in [0.25, 0.3) is 0 Å². The second-order valence-electron chi connectivity index (χ2n) is 3.11. The summed E-state index contributed by atoms with van der Waals surface area (Å²) in [7, 11) is 0. The van der Waals surface area contributed by atoms with Crippen molar-refractivity contribution < 1.29 is 5.11 Å². The lowest BCUT2D eigenvalue weighted by molar-refractivity contribution is 0.211. The van der Waals surface area contributed by atoms with E-state index in [2.05, 4.69) is 21.0 Å². The second kappa shape index (κ2) is 4.47. The van der Waals surface area contributed by atoms with Gasteiger partial charge in [0.15, 0.2) is 0 Å². The molecule has 0 radical (unpaired) electrons. The Kier molecular flexibility index (Phi) is 3.23. The summed E-state index contributed by atoms with van der Waals surface area (Å²) in [6, 6.07) is 3.86. The predicted molar refractivity (Wildman–Crippen MR) is 64.0 cm³/mol. The number of aromatic nitrogens is 2. The Balaban J connectivity index is 2.40. The third-order valence-electron chi connectivity index (χ3n) is 2.20. The maximum Gasteiger partial charge on any atom is 0.131 e. The molecule has 0 aliphatic carbocycles. The van der Waals surface area contributed by atoms with E-state index in [0.717, 1.165) is 21.6 Å². The lowest BCUT2D eigenvalue weighted by Crippen LogP contribution is -2.08. The fourth-order valence-corrected chi connectivity index (χ4v) is 2.70. The van der Waals surface area contributed by atoms with Gasteiger partial charge in [-0.15, -0.1) is 11.3 Å². The first-order valence-corrected chi connectivity index (χ1v) is 6.34. The van der Waals surface area contributed by atoms with Crippen LogP contribution in [0.15, 0.2) is 28.2 Å². The topological polar surface area (TPSA) is 38.0 Å². The summed E-state index contributed by atoms with van der Waals surface area (Å²) in [6.07, 6.45) is 1.12. The van der Waals surface area contributed by atoms with E-state index < -0.39 is 6.10 Å². The van der Waals surface area contributed by atoms with E-state index in [1.807, 2.05) is 24.4 Å². The van der Waals surface area contributed by atoms with E-state index >= 15 is 0 Å². The van der Waals surface area contributed by atoms with E-state index in [1.54, 1.807) is 22.2 Å². The zero-order valence-corrected chi connectivity index (χ0v) is 10.6. The number of aliphatic hydroxyl groups is 1. The zero-order valence-electron chi connectivity index (χ0n) is 8.22. The van der Waals surface area contributed by atoms with Crippen LogP contribution >= 0.6 is 27.3 Å². The molecule has 2 heterocycles. The molecule has 0 aromatic carbocycles. The Bertz CT molecular complexity index is 438. The molecule has 15 heavy (non-hydrogen) atoms. The molecule has 2 aromatic rings. The van der Waals surface area contributed by atoms with E-state index in [0.29, 0.717) is 0 Å². The number of rotatable bonds is 3. The molecule has 0 saturated carbocycles. The highest BCUT2D eigenvalue weighted by atomic mass is 79.9. The minimum atomic E-state index is -0.596. The van der Waals surface area contributed by atoms with E-state index in [-0.39, 0.29) is 0 Å². The van der Waals surface area contributed by atoms with E-state index in [9.17, 15) is 5.11 Å². The van der Waals surface area contributed by atoms with Crippen molar-refractivity contribution in [3.8, 4) is 0 Å². The van der Waals surface area contributed by atoms with Crippen molar-refractivity contribution in [2.45, 2.75) is 19.6 Å². The van der Waals surface area contributed by atoms with Crippen LogP contribution in [0.2, 0.25) is 0 Å². The van der Waals surface area contributed by atoms with Gasteiger partial charge >= 0.3 is 0 Å². The highest BCUT2D eigenvalue weighted by Crippen LogP contribution is 2.30. The van der Waals surface area contributed by atoms with Crippen molar-refractivity contribution in [1.82, 2.24) is 9.78 Å². The van der Waals surface area contributed by atoms with Gasteiger partial charge in [0.05, 0.1) is 16.4 Å². The number of hydrogen-bond acceptors (Lipinski definition) is 3. The largest absolute Gasteiger partial charge is 0.381 e. The lowest BCUT2D eigenvalue weighted by atomic mass is 10.2. The third kappa shape index (κ3) is 2.00. The van der Waals surface area contributed by atoms with Gasteiger partial charge in [-0.2, -0.15) is 5.10 Å². The summed E-state index contributed by atoms with van der Waals surface area (Å²) in [5, 5.41) is 16.3. The molecule has 1 N–H and O–H groups in total. The number of hydrogen-bond donors (Lipinski definition) is 1. The van der Waals surface area contributed by atoms with Crippen LogP contribution in [0.3, 0.4) is 0 Å². The number of aliphatic hydroxyl groups excluding tert-OH is 1. The fourth-order valence-electron chi connectivity index (χ4n) is 1.48. The van der Waals surface area contributed by atoms with Crippen molar-refractivity contribution in [3.63, 3.8) is 0 Å². The fraction of sp³-hybridized carbons (Fsp3) is 0.300. The molecular formula is C10H11BrN2OS. The highest BCUT2D eigenvalue weighted by Gasteiger charge is 2.19. The van der Waals surface area contributed by atoms with Crippen molar-refractivity contribution >= 4 is 27.3 Å². The van der Waals surface area contributed by atoms with Gasteiger partial charge < -0.3 is 5.11 Å². The van der Waals surface area contributed by atoms with Crippen molar-refractivity contribution in [2.75, 3.05) is 0 Å². The summed E-state index contributed by atoms with van der Waals surface area (Å²) in [5.74, 6) is 0. The molecule has 2 aromatic heterocycles. The predicted octanol–water partition coefficient (Wildman–Crippen LogP) is 2.81. The maximum atomic E-state index is 10.2. The third-order valence-corrected chi connectivity index (χ3v) is 3.74. The first-order valence-electron chi connectivity index (χ1n) is 4.66. The number of aryl methyl sites for hydroxylation is 1. The van der Waals surface area contributed by atoms with Crippen LogP contribution in [0.5, 0.6) is 0 Å². The quantitative estimate of drug-likeness (QED) is 0.942. The molecule has 0 amide bonds. The van der Waals surface area contributed by atoms with Crippen LogP contribution in [0.25, 0.3) is 0 Å². The summed E-state index contributed by atoms with van der Waals surface area (Å²) in [6.45, 7) is 2.76. The van der Waals surface area contributed by atoms with Crippen molar-refractivity contribution in [3.05, 3.63) is 38.8 Å². The minimum Gasteiger partial charge on any atom is -0.381 e. The molecule has 80 valence electrons. The Morgan fingerprint density at radius 3 is 3.07 bits per heavy atom. The number of nitrogens with zero attached hydrogens (tertiary/aromatic N) is 2. The average Bonchev–Trinajstić information content (AvgIpc) is 2.85. The van der Waals surface area contributed by atoms with Crippen molar-refractivity contribution in [2.24, 2.45) is 0 Å². The number of thiophene rings is 1. The van der Waals surface area contributed by atoms with Crippen LogP contribution in [0, 0.1) is 0 Å². The molecule has 0 spiro atoms. The van der Waals surface area contributed by atoms with Crippen LogP contribution in [0.1, 0.15) is 23.6 Å². The highest BCUT2D eigenvalue weighted by molar-refractivity contribution is 9.10. The molecule has 0 fully saturated rings. The smallest absolute Gasteiger partial charge is 0.131 e. The van der Waals surface area contributed by atoms with Crippen LogP contribution < -0.4 is 0 Å². The van der Waals surface area contributed by atoms with E-state index in [1.165, 1.54) is 0 Å². The first kappa shape index (κ1) is 10.9. The van der Waals surface area contributed by atoms with Gasteiger partial charge in [-0.05, 0) is 34.3 Å². The average molecular weight is 287 g/mol.